The first-order valence-electron chi connectivity index (χ1n) is 2.06. The molecule has 0 bridgehead atoms. The molecule has 0 radical (unpaired) electrons. The van der Waals surface area contributed by atoms with Crippen LogP contribution in [0.3, 0.4) is 0 Å². The highest BCUT2D eigenvalue weighted by atomic mass is 33.2. The number of thiol groups is 1. The van der Waals surface area contributed by atoms with Crippen LogP contribution in [-0.2, 0) is 9.15 Å². The molecule has 0 aromatic rings. The molecule has 1 N–H and O–H groups in total. The molecule has 0 aliphatic carbocycles. The molecule has 0 saturated heterocycles. The maximum atomic E-state index is 10.3. The van der Waals surface area contributed by atoms with E-state index in [1.165, 1.54) is 17.2 Å². The Bertz CT molecular complexity index is 240. The maximum absolute atomic E-state index is 10.3. The van der Waals surface area contributed by atoms with Crippen LogP contribution in [0.2, 0.25) is 0 Å². The van der Waals surface area contributed by atoms with Crippen LogP contribution in [0.5, 0.6) is 0 Å². The van der Waals surface area contributed by atoms with Gasteiger partial charge in [0.2, 0.25) is 0 Å². The predicted molar refractivity (Wildman–Crippen MR) is 38.2 cm³/mol. The van der Waals surface area contributed by atoms with E-state index in [9.17, 15) is 8.42 Å². The molecule has 52 valence electrons. The molecular weight excluding hydrogens is 162 g/mol. The lowest BCUT2D eigenvalue weighted by atomic mass is 11.1. The molecular formula is C3H5NO3S2. The van der Waals surface area contributed by atoms with Gasteiger partial charge in [0.1, 0.15) is 0 Å². The minimum atomic E-state index is -3.87. The van der Waals surface area contributed by atoms with E-state index in [1.54, 1.807) is 0 Å². The molecule has 1 aliphatic rings. The molecule has 1 unspecified atom stereocenters. The van der Waals surface area contributed by atoms with E-state index in [0.717, 1.165) is 0 Å². The smallest absolute Gasteiger partial charge is 0.278 e. The van der Waals surface area contributed by atoms with Crippen LogP contribution >= 0.6 is 9.93 Å². The second-order valence-corrected chi connectivity index (χ2v) is 6.16. The van der Waals surface area contributed by atoms with Gasteiger partial charge < -0.3 is 0 Å². The summed E-state index contributed by atoms with van der Waals surface area (Å²) < 4.78 is 28.9. The first kappa shape index (κ1) is 6.79. The molecule has 0 fully saturated rings. The Kier molecular flexibility index (Phi) is 1.60. The van der Waals surface area contributed by atoms with E-state index < -0.39 is 19.1 Å². The summed E-state index contributed by atoms with van der Waals surface area (Å²) in [5.74, 6) is 0. The SMILES string of the molecule is O=S(=O)(O)[SH]1C=CN=C1. The predicted octanol–water partition coefficient (Wildman–Crippen LogP) is 0.304. The standard InChI is InChI=1S/C3H5NO3S2/c5-9(6,7)8-2-1-4-3-8/h1-3,8H,(H,5,6,7). The van der Waals surface area contributed by atoms with Crippen molar-refractivity contribution in [3.63, 3.8) is 0 Å². The number of hydrogen-bond donors (Lipinski definition) is 2. The lowest BCUT2D eigenvalue weighted by molar-refractivity contribution is 0.503. The van der Waals surface area contributed by atoms with Gasteiger partial charge in [-0.1, -0.05) is 9.93 Å². The van der Waals surface area contributed by atoms with Crippen molar-refractivity contribution in [3.05, 3.63) is 11.6 Å². The Morgan fingerprint density at radius 2 is 2.22 bits per heavy atom. The van der Waals surface area contributed by atoms with Gasteiger partial charge >= 0.3 is 9.15 Å². The maximum Gasteiger partial charge on any atom is 0.307 e. The van der Waals surface area contributed by atoms with Gasteiger partial charge in [0.15, 0.2) is 0 Å². The average Bonchev–Trinajstić information content (AvgIpc) is 2.08. The Balaban J connectivity index is 2.90. The third-order valence-electron chi connectivity index (χ3n) is 0.747. The average molecular weight is 167 g/mol. The Morgan fingerprint density at radius 3 is 2.44 bits per heavy atom. The highest BCUT2D eigenvalue weighted by Crippen LogP contribution is 2.33. The van der Waals surface area contributed by atoms with Crippen LogP contribution in [0.15, 0.2) is 16.6 Å². The topological polar surface area (TPSA) is 66.7 Å². The number of aliphatic imine (C=N–C) groups is 1. The summed E-state index contributed by atoms with van der Waals surface area (Å²) in [5, 5.41) is 1.37. The third kappa shape index (κ3) is 1.54. The number of nitrogens with zero attached hydrogens (tertiary/aromatic N) is 1. The summed E-state index contributed by atoms with van der Waals surface area (Å²) in [6, 6.07) is 0. The van der Waals surface area contributed by atoms with Gasteiger partial charge in [0.05, 0.1) is 5.55 Å². The van der Waals surface area contributed by atoms with Gasteiger partial charge in [-0.3, -0.25) is 9.55 Å². The fourth-order valence-electron chi connectivity index (χ4n) is 0.383. The van der Waals surface area contributed by atoms with Gasteiger partial charge in [-0.2, -0.15) is 8.42 Å². The van der Waals surface area contributed by atoms with E-state index in [1.807, 2.05) is 0 Å². The Morgan fingerprint density at radius 1 is 1.56 bits per heavy atom. The zero-order valence-corrected chi connectivity index (χ0v) is 6.01. The lowest BCUT2D eigenvalue weighted by Gasteiger charge is -2.00. The fraction of sp³-hybridized carbons (Fsp3) is 0. The monoisotopic (exact) mass is 167 g/mol. The first-order valence-corrected chi connectivity index (χ1v) is 5.59. The van der Waals surface area contributed by atoms with Crippen LogP contribution in [0, 0.1) is 0 Å². The molecule has 4 nitrogen and oxygen atoms in total. The van der Waals surface area contributed by atoms with E-state index in [2.05, 4.69) is 4.99 Å². The number of hydrogen-bond acceptors (Lipinski definition) is 3. The van der Waals surface area contributed by atoms with E-state index >= 15 is 0 Å². The molecule has 1 rings (SSSR count). The zero-order valence-electron chi connectivity index (χ0n) is 4.30. The van der Waals surface area contributed by atoms with Crippen molar-refractivity contribution in [2.24, 2.45) is 4.99 Å². The molecule has 9 heavy (non-hydrogen) atoms. The normalized spacial score (nSPS) is 29.2. The quantitative estimate of drug-likeness (QED) is 0.335. The van der Waals surface area contributed by atoms with Crippen molar-refractivity contribution in [1.82, 2.24) is 0 Å². The molecule has 0 aromatic heterocycles. The summed E-state index contributed by atoms with van der Waals surface area (Å²) in [6.45, 7) is 0. The molecule has 1 heterocycles. The summed E-state index contributed by atoms with van der Waals surface area (Å²) in [7, 11) is -5.40. The van der Waals surface area contributed by atoms with E-state index in [0.29, 0.717) is 0 Å². The second-order valence-electron chi connectivity index (χ2n) is 1.37. The number of rotatable bonds is 1. The summed E-state index contributed by atoms with van der Waals surface area (Å²) >= 11 is 0. The van der Waals surface area contributed by atoms with Crippen LogP contribution in [0.1, 0.15) is 0 Å². The van der Waals surface area contributed by atoms with Crippen molar-refractivity contribution >= 4 is 24.6 Å². The van der Waals surface area contributed by atoms with Gasteiger partial charge in [-0.05, 0) is 5.41 Å². The minimum absolute atomic E-state index is 1.23. The van der Waals surface area contributed by atoms with Crippen LogP contribution < -0.4 is 0 Å². The Labute approximate surface area is 54.8 Å². The van der Waals surface area contributed by atoms with Crippen LogP contribution in [0.25, 0.3) is 0 Å². The Hall–Kier alpha value is -0.330. The first-order chi connectivity index (χ1) is 4.11. The summed E-state index contributed by atoms with van der Waals surface area (Å²) in [6.07, 6.45) is 1.36. The van der Waals surface area contributed by atoms with Gasteiger partial charge in [0, 0.05) is 6.20 Å². The van der Waals surface area contributed by atoms with Crippen LogP contribution in [-0.4, -0.2) is 18.5 Å². The van der Waals surface area contributed by atoms with Crippen molar-refractivity contribution in [2.45, 2.75) is 0 Å². The summed E-state index contributed by atoms with van der Waals surface area (Å²) in [4.78, 5) is 3.52. The molecule has 0 amide bonds. The third-order valence-corrected chi connectivity index (χ3v) is 4.31. The van der Waals surface area contributed by atoms with Crippen molar-refractivity contribution < 1.29 is 13.0 Å². The van der Waals surface area contributed by atoms with E-state index in [-0.39, 0.29) is 0 Å². The van der Waals surface area contributed by atoms with Gasteiger partial charge in [-0.15, -0.1) is 0 Å². The highest BCUT2D eigenvalue weighted by molar-refractivity contribution is 8.86. The minimum Gasteiger partial charge on any atom is -0.278 e. The highest BCUT2D eigenvalue weighted by Gasteiger charge is 2.13. The molecule has 0 spiro atoms. The molecule has 6 heteroatoms. The molecule has 0 aromatic carbocycles. The van der Waals surface area contributed by atoms with Crippen LogP contribution in [0.4, 0.5) is 0 Å². The molecule has 1 aliphatic heterocycles. The summed E-state index contributed by atoms with van der Waals surface area (Å²) in [5.41, 5.74) is 1.23. The van der Waals surface area contributed by atoms with Gasteiger partial charge in [-0.25, -0.2) is 0 Å². The lowest BCUT2D eigenvalue weighted by Crippen LogP contribution is -1.94. The van der Waals surface area contributed by atoms with Gasteiger partial charge in [0.25, 0.3) is 0 Å². The molecule has 1 atom stereocenters. The largest absolute Gasteiger partial charge is 0.307 e. The fourth-order valence-corrected chi connectivity index (χ4v) is 2.30. The second kappa shape index (κ2) is 2.13. The van der Waals surface area contributed by atoms with Crippen molar-refractivity contribution in [2.75, 3.05) is 0 Å². The molecule has 0 saturated carbocycles. The van der Waals surface area contributed by atoms with Crippen molar-refractivity contribution in [3.8, 4) is 0 Å². The zero-order chi connectivity index (χ0) is 6.91. The van der Waals surface area contributed by atoms with E-state index in [4.69, 9.17) is 4.55 Å². The van der Waals surface area contributed by atoms with Crippen molar-refractivity contribution in [1.29, 1.82) is 0 Å².